The molecule has 0 unspecified atom stereocenters. The molecule has 0 amide bonds. The quantitative estimate of drug-likeness (QED) is 0.0262. The predicted molar refractivity (Wildman–Crippen MR) is 279 cm³/mol. The fraction of sp³-hybridized carbons (Fsp3) is 0.780. The molecule has 0 aromatic rings. The van der Waals surface area contributed by atoms with E-state index < -0.39 is 6.10 Å². The van der Waals surface area contributed by atoms with Gasteiger partial charge in [-0.15, -0.1) is 0 Å². The van der Waals surface area contributed by atoms with Crippen molar-refractivity contribution in [2.75, 3.05) is 13.2 Å². The van der Waals surface area contributed by atoms with Crippen LogP contribution in [0.4, 0.5) is 0 Å². The molecular weight excluding hydrogens is 805 g/mol. The van der Waals surface area contributed by atoms with Crippen LogP contribution < -0.4 is 0 Å². The molecule has 0 aliphatic heterocycles. The Labute approximate surface area is 402 Å². The van der Waals surface area contributed by atoms with Gasteiger partial charge in [0.2, 0.25) is 0 Å². The fourth-order valence-electron chi connectivity index (χ4n) is 7.83. The number of hydrogen-bond acceptors (Lipinski definition) is 6. The van der Waals surface area contributed by atoms with E-state index in [2.05, 4.69) is 81.5 Å². The van der Waals surface area contributed by atoms with Crippen molar-refractivity contribution in [1.82, 2.24) is 0 Å². The summed E-state index contributed by atoms with van der Waals surface area (Å²) in [5.74, 6) is -0.906. The van der Waals surface area contributed by atoms with Gasteiger partial charge in [-0.2, -0.15) is 0 Å². The third-order valence-electron chi connectivity index (χ3n) is 12.0. The van der Waals surface area contributed by atoms with Gasteiger partial charge in [0.1, 0.15) is 13.2 Å². The first-order valence-electron chi connectivity index (χ1n) is 27.8. The van der Waals surface area contributed by atoms with Crippen molar-refractivity contribution in [3.63, 3.8) is 0 Å². The van der Waals surface area contributed by atoms with Crippen LogP contribution in [0.15, 0.2) is 60.8 Å². The topological polar surface area (TPSA) is 78.9 Å². The molecule has 376 valence electrons. The van der Waals surface area contributed by atoms with E-state index in [0.717, 1.165) is 116 Å². The average molecular weight is 909 g/mol. The number of unbranched alkanes of at least 4 members (excludes halogenated alkanes) is 29. The normalized spacial score (nSPS) is 12.5. The lowest BCUT2D eigenvalue weighted by atomic mass is 10.0. The molecule has 6 nitrogen and oxygen atoms in total. The minimum absolute atomic E-state index is 0.0836. The van der Waals surface area contributed by atoms with E-state index in [-0.39, 0.29) is 31.1 Å². The van der Waals surface area contributed by atoms with Gasteiger partial charge in [0, 0.05) is 19.3 Å². The maximum Gasteiger partial charge on any atom is 0.306 e. The summed E-state index contributed by atoms with van der Waals surface area (Å²) in [5.41, 5.74) is 0. The summed E-state index contributed by atoms with van der Waals surface area (Å²) in [6.45, 7) is 6.49. The SMILES string of the molecule is CC/C=C/C/C=C/C/C=C/CCCCCCCC(=O)O[C@H](COC(=O)CCCCCCC/C=C/C/C=C/CCCC)COC(=O)CCCCCCCCCCCCCCCCCCCC. The molecule has 1 atom stereocenters. The standard InChI is InChI=1S/C59H104O6/c1-4-7-10-13-16-19-22-25-28-29-30-32-34-37-40-43-46-49-52-58(61)64-55-56(54-63-57(60)51-48-45-42-39-36-33-27-24-21-18-15-12-9-6-3)65-59(62)53-50-47-44-41-38-35-31-26-23-20-17-14-11-8-5-2/h8,11,15,17-18,20,24,26-27,31,56H,4-7,9-10,12-14,16,19,21-23,25,28-30,32-55H2,1-3H3/b11-8+,18-15+,20-17+,27-24+,31-26+/t56-/m1/s1. The van der Waals surface area contributed by atoms with Crippen LogP contribution in [0, 0.1) is 0 Å². The van der Waals surface area contributed by atoms with Crippen LogP contribution in [-0.4, -0.2) is 37.2 Å². The van der Waals surface area contributed by atoms with Gasteiger partial charge in [0.25, 0.3) is 0 Å². The van der Waals surface area contributed by atoms with E-state index >= 15 is 0 Å². The van der Waals surface area contributed by atoms with Crippen molar-refractivity contribution in [3.8, 4) is 0 Å². The molecule has 0 aromatic heterocycles. The molecule has 0 radical (unpaired) electrons. The number of esters is 3. The molecule has 0 rings (SSSR count). The predicted octanol–water partition coefficient (Wildman–Crippen LogP) is 18.4. The van der Waals surface area contributed by atoms with Crippen molar-refractivity contribution in [1.29, 1.82) is 0 Å². The van der Waals surface area contributed by atoms with Crippen molar-refractivity contribution >= 4 is 17.9 Å². The smallest absolute Gasteiger partial charge is 0.306 e. The Morgan fingerprint density at radius 3 is 0.985 bits per heavy atom. The maximum atomic E-state index is 12.8. The molecule has 0 aliphatic carbocycles. The Morgan fingerprint density at radius 2 is 0.615 bits per heavy atom. The molecular formula is C59H104O6. The lowest BCUT2D eigenvalue weighted by molar-refractivity contribution is -0.167. The van der Waals surface area contributed by atoms with Gasteiger partial charge < -0.3 is 14.2 Å². The second-order valence-corrected chi connectivity index (χ2v) is 18.5. The molecule has 0 N–H and O–H groups in total. The lowest BCUT2D eigenvalue weighted by Gasteiger charge is -2.18. The molecule has 0 bridgehead atoms. The average Bonchev–Trinajstić information content (AvgIpc) is 3.30. The largest absolute Gasteiger partial charge is 0.462 e. The van der Waals surface area contributed by atoms with E-state index in [1.54, 1.807) is 0 Å². The van der Waals surface area contributed by atoms with Crippen molar-refractivity contribution < 1.29 is 28.6 Å². The monoisotopic (exact) mass is 909 g/mol. The zero-order valence-electron chi connectivity index (χ0n) is 43.0. The zero-order valence-corrected chi connectivity index (χ0v) is 43.0. The maximum absolute atomic E-state index is 12.8. The highest BCUT2D eigenvalue weighted by Gasteiger charge is 2.19. The highest BCUT2D eigenvalue weighted by Crippen LogP contribution is 2.16. The lowest BCUT2D eigenvalue weighted by Crippen LogP contribution is -2.30. The molecule has 0 fully saturated rings. The van der Waals surface area contributed by atoms with E-state index in [0.29, 0.717) is 19.3 Å². The third-order valence-corrected chi connectivity index (χ3v) is 12.0. The number of rotatable bonds is 50. The van der Waals surface area contributed by atoms with Crippen LogP contribution >= 0.6 is 0 Å². The summed E-state index contributed by atoms with van der Waals surface area (Å²) in [6, 6.07) is 0. The Kier molecular flexibility index (Phi) is 51.3. The molecule has 0 saturated carbocycles. The number of allylic oxidation sites excluding steroid dienone is 10. The first-order chi connectivity index (χ1) is 32.0. The summed E-state index contributed by atoms with van der Waals surface area (Å²) in [7, 11) is 0. The van der Waals surface area contributed by atoms with E-state index in [1.165, 1.54) is 122 Å². The second kappa shape index (κ2) is 53.7. The van der Waals surface area contributed by atoms with Crippen molar-refractivity contribution in [3.05, 3.63) is 60.8 Å². The number of carbonyl (C=O) groups is 3. The minimum atomic E-state index is -0.787. The van der Waals surface area contributed by atoms with Crippen LogP contribution in [-0.2, 0) is 28.6 Å². The van der Waals surface area contributed by atoms with Crippen LogP contribution in [0.3, 0.4) is 0 Å². The molecule has 0 spiro atoms. The summed E-state index contributed by atoms with van der Waals surface area (Å²) in [5, 5.41) is 0. The molecule has 0 heterocycles. The van der Waals surface area contributed by atoms with Gasteiger partial charge in [0.15, 0.2) is 6.10 Å². The van der Waals surface area contributed by atoms with Crippen LogP contribution in [0.2, 0.25) is 0 Å². The molecule has 6 heteroatoms. The Morgan fingerprint density at radius 1 is 0.323 bits per heavy atom. The Hall–Kier alpha value is -2.89. The van der Waals surface area contributed by atoms with Gasteiger partial charge in [-0.1, -0.05) is 242 Å². The van der Waals surface area contributed by atoms with Gasteiger partial charge >= 0.3 is 17.9 Å². The first kappa shape index (κ1) is 62.1. The van der Waals surface area contributed by atoms with Gasteiger partial charge in [-0.25, -0.2) is 0 Å². The molecule has 0 aliphatic rings. The minimum Gasteiger partial charge on any atom is -0.462 e. The first-order valence-corrected chi connectivity index (χ1v) is 27.8. The summed E-state index contributed by atoms with van der Waals surface area (Å²) in [6.07, 6.45) is 66.3. The summed E-state index contributed by atoms with van der Waals surface area (Å²) < 4.78 is 16.8. The molecule has 65 heavy (non-hydrogen) atoms. The van der Waals surface area contributed by atoms with Gasteiger partial charge in [-0.05, 0) is 77.0 Å². The third kappa shape index (κ3) is 51.9. The highest BCUT2D eigenvalue weighted by atomic mass is 16.6. The number of ether oxygens (including phenoxy) is 3. The second-order valence-electron chi connectivity index (χ2n) is 18.5. The van der Waals surface area contributed by atoms with E-state index in [1.807, 2.05) is 0 Å². The Bertz CT molecular complexity index is 1180. The van der Waals surface area contributed by atoms with E-state index in [4.69, 9.17) is 14.2 Å². The number of carbonyl (C=O) groups excluding carboxylic acids is 3. The summed E-state index contributed by atoms with van der Waals surface area (Å²) >= 11 is 0. The number of hydrogen-bond donors (Lipinski definition) is 0. The Balaban J connectivity index is 4.38. The fourth-order valence-corrected chi connectivity index (χ4v) is 7.83. The van der Waals surface area contributed by atoms with Crippen molar-refractivity contribution in [2.24, 2.45) is 0 Å². The van der Waals surface area contributed by atoms with Crippen LogP contribution in [0.1, 0.15) is 278 Å². The van der Waals surface area contributed by atoms with Crippen LogP contribution in [0.25, 0.3) is 0 Å². The molecule has 0 saturated heterocycles. The van der Waals surface area contributed by atoms with Gasteiger partial charge in [0.05, 0.1) is 0 Å². The van der Waals surface area contributed by atoms with E-state index in [9.17, 15) is 14.4 Å². The van der Waals surface area contributed by atoms with Crippen molar-refractivity contribution in [2.45, 2.75) is 284 Å². The summed E-state index contributed by atoms with van der Waals surface area (Å²) in [4.78, 5) is 38.1. The van der Waals surface area contributed by atoms with Gasteiger partial charge in [-0.3, -0.25) is 14.4 Å². The zero-order chi connectivity index (χ0) is 47.2. The molecule has 0 aromatic carbocycles. The van der Waals surface area contributed by atoms with Crippen LogP contribution in [0.5, 0.6) is 0 Å². The highest BCUT2D eigenvalue weighted by molar-refractivity contribution is 5.71.